The van der Waals surface area contributed by atoms with Crippen molar-refractivity contribution in [1.82, 2.24) is 10.2 Å². The van der Waals surface area contributed by atoms with E-state index in [0.29, 0.717) is 18.4 Å². The van der Waals surface area contributed by atoms with Gasteiger partial charge in [-0.2, -0.15) is 0 Å². The Labute approximate surface area is 112 Å². The topological polar surface area (TPSA) is 32.3 Å². The van der Waals surface area contributed by atoms with Crippen LogP contribution in [-0.4, -0.2) is 36.5 Å². The smallest absolute Gasteiger partial charge is 0.227 e. The lowest BCUT2D eigenvalue weighted by molar-refractivity contribution is -0.134. The Morgan fingerprint density at radius 2 is 2.11 bits per heavy atom. The van der Waals surface area contributed by atoms with Crippen LogP contribution in [0.15, 0.2) is 24.3 Å². The summed E-state index contributed by atoms with van der Waals surface area (Å²) >= 11 is 0. The Kier molecular flexibility index (Phi) is 3.51. The van der Waals surface area contributed by atoms with Gasteiger partial charge in [-0.1, -0.05) is 12.1 Å². The first-order valence-electron chi connectivity index (χ1n) is 6.98. The van der Waals surface area contributed by atoms with Crippen LogP contribution in [0.3, 0.4) is 0 Å². The van der Waals surface area contributed by atoms with Crippen molar-refractivity contribution in [3.63, 3.8) is 0 Å². The van der Waals surface area contributed by atoms with E-state index in [4.69, 9.17) is 0 Å². The molecule has 1 N–H and O–H groups in total. The normalized spacial score (nSPS) is 26.3. The minimum Gasteiger partial charge on any atom is -0.338 e. The maximum Gasteiger partial charge on any atom is 0.227 e. The third-order valence-corrected chi connectivity index (χ3v) is 4.27. The lowest BCUT2D eigenvalue weighted by atomic mass is 9.91. The summed E-state index contributed by atoms with van der Waals surface area (Å²) in [6.07, 6.45) is 2.69. The molecule has 0 aromatic heterocycles. The number of piperidine rings is 1. The number of likely N-dealkylation sites (tertiary alicyclic amines) is 1. The summed E-state index contributed by atoms with van der Waals surface area (Å²) in [5.41, 5.74) is 0.888. The molecule has 0 aliphatic carbocycles. The summed E-state index contributed by atoms with van der Waals surface area (Å²) in [6, 6.07) is 6.59. The quantitative estimate of drug-likeness (QED) is 0.877. The molecule has 19 heavy (non-hydrogen) atoms. The average Bonchev–Trinajstić information content (AvgIpc) is 2.89. The van der Waals surface area contributed by atoms with Gasteiger partial charge in [0.2, 0.25) is 5.91 Å². The number of benzene rings is 1. The fourth-order valence-corrected chi connectivity index (χ4v) is 3.26. The summed E-state index contributed by atoms with van der Waals surface area (Å²) in [7, 11) is 0. The van der Waals surface area contributed by atoms with E-state index in [1.54, 1.807) is 12.1 Å². The fourth-order valence-electron chi connectivity index (χ4n) is 3.26. The molecule has 2 aliphatic heterocycles. The Morgan fingerprint density at radius 3 is 2.89 bits per heavy atom. The van der Waals surface area contributed by atoms with E-state index < -0.39 is 0 Å². The highest BCUT2D eigenvalue weighted by Gasteiger charge is 2.36. The van der Waals surface area contributed by atoms with Crippen molar-refractivity contribution in [1.29, 1.82) is 0 Å². The van der Waals surface area contributed by atoms with Crippen LogP contribution >= 0.6 is 0 Å². The lowest BCUT2D eigenvalue weighted by Gasteiger charge is -2.37. The van der Waals surface area contributed by atoms with Gasteiger partial charge in [0.25, 0.3) is 0 Å². The van der Waals surface area contributed by atoms with E-state index in [0.717, 1.165) is 31.6 Å². The third kappa shape index (κ3) is 2.63. The molecule has 0 bridgehead atoms. The number of amides is 1. The maximum atomic E-state index is 12.9. The standard InChI is InChI=1S/C15H19FN2O/c16-13-5-3-11(4-6-13)8-15(19)18-7-1-2-12-9-17-10-14(12)18/h3-6,12,14,17H,1-2,7-10H2. The van der Waals surface area contributed by atoms with Crippen LogP contribution in [-0.2, 0) is 11.2 Å². The van der Waals surface area contributed by atoms with E-state index in [9.17, 15) is 9.18 Å². The summed E-state index contributed by atoms with van der Waals surface area (Å²) in [4.78, 5) is 14.4. The molecule has 1 aromatic carbocycles. The van der Waals surface area contributed by atoms with Crippen molar-refractivity contribution < 1.29 is 9.18 Å². The molecular weight excluding hydrogens is 243 g/mol. The lowest BCUT2D eigenvalue weighted by Crippen LogP contribution is -2.48. The summed E-state index contributed by atoms with van der Waals surface area (Å²) in [6.45, 7) is 2.81. The first-order chi connectivity index (χ1) is 9.24. The molecule has 3 nitrogen and oxygen atoms in total. The monoisotopic (exact) mass is 262 g/mol. The summed E-state index contributed by atoms with van der Waals surface area (Å²) in [5.74, 6) is 0.533. The number of carbonyl (C=O) groups is 1. The number of halogens is 1. The molecular formula is C15H19FN2O. The van der Waals surface area contributed by atoms with Crippen LogP contribution in [0, 0.1) is 11.7 Å². The van der Waals surface area contributed by atoms with Crippen molar-refractivity contribution in [2.24, 2.45) is 5.92 Å². The second-order valence-corrected chi connectivity index (χ2v) is 5.52. The number of fused-ring (bicyclic) bond motifs is 1. The van der Waals surface area contributed by atoms with Gasteiger partial charge in [0.05, 0.1) is 6.42 Å². The van der Waals surface area contributed by atoms with Crippen LogP contribution in [0.4, 0.5) is 4.39 Å². The number of carbonyl (C=O) groups excluding carboxylic acids is 1. The van der Waals surface area contributed by atoms with Gasteiger partial charge in [-0.3, -0.25) is 4.79 Å². The largest absolute Gasteiger partial charge is 0.338 e. The van der Waals surface area contributed by atoms with Crippen LogP contribution < -0.4 is 5.32 Å². The molecule has 0 saturated carbocycles. The van der Waals surface area contributed by atoms with Crippen molar-refractivity contribution in [2.75, 3.05) is 19.6 Å². The molecule has 3 rings (SSSR count). The van der Waals surface area contributed by atoms with Gasteiger partial charge in [0, 0.05) is 25.7 Å². The first kappa shape index (κ1) is 12.6. The molecule has 2 unspecified atom stereocenters. The summed E-state index contributed by atoms with van der Waals surface area (Å²) < 4.78 is 12.9. The highest BCUT2D eigenvalue weighted by molar-refractivity contribution is 5.79. The molecule has 1 aromatic rings. The first-order valence-corrected chi connectivity index (χ1v) is 6.98. The van der Waals surface area contributed by atoms with E-state index >= 15 is 0 Å². The SMILES string of the molecule is O=C(Cc1ccc(F)cc1)N1CCCC2CNCC21. The van der Waals surface area contributed by atoms with Crippen molar-refractivity contribution in [3.8, 4) is 0 Å². The average molecular weight is 262 g/mol. The van der Waals surface area contributed by atoms with E-state index in [1.165, 1.54) is 18.6 Å². The molecule has 2 aliphatic rings. The molecule has 1 amide bonds. The second kappa shape index (κ2) is 5.29. The molecule has 0 radical (unpaired) electrons. The number of nitrogens with zero attached hydrogens (tertiary/aromatic N) is 1. The van der Waals surface area contributed by atoms with Gasteiger partial charge in [0.1, 0.15) is 5.82 Å². The molecule has 2 saturated heterocycles. The van der Waals surface area contributed by atoms with E-state index in [1.807, 2.05) is 4.90 Å². The maximum absolute atomic E-state index is 12.9. The molecule has 0 spiro atoms. The second-order valence-electron chi connectivity index (χ2n) is 5.52. The van der Waals surface area contributed by atoms with E-state index in [2.05, 4.69) is 5.32 Å². The number of rotatable bonds is 2. The molecule has 4 heteroatoms. The van der Waals surface area contributed by atoms with Crippen LogP contribution in [0.1, 0.15) is 18.4 Å². The molecule has 2 fully saturated rings. The fraction of sp³-hybridized carbons (Fsp3) is 0.533. The molecule has 2 atom stereocenters. The van der Waals surface area contributed by atoms with Gasteiger partial charge in [-0.25, -0.2) is 4.39 Å². The van der Waals surface area contributed by atoms with Crippen molar-refractivity contribution in [3.05, 3.63) is 35.6 Å². The van der Waals surface area contributed by atoms with Crippen LogP contribution in [0.5, 0.6) is 0 Å². The van der Waals surface area contributed by atoms with Gasteiger partial charge >= 0.3 is 0 Å². The Bertz CT molecular complexity index is 460. The van der Waals surface area contributed by atoms with Crippen molar-refractivity contribution in [2.45, 2.75) is 25.3 Å². The summed E-state index contributed by atoms with van der Waals surface area (Å²) in [5, 5.41) is 3.38. The number of hydrogen-bond donors (Lipinski definition) is 1. The van der Waals surface area contributed by atoms with Gasteiger partial charge < -0.3 is 10.2 Å². The highest BCUT2D eigenvalue weighted by atomic mass is 19.1. The van der Waals surface area contributed by atoms with E-state index in [-0.39, 0.29) is 11.7 Å². The van der Waals surface area contributed by atoms with Crippen LogP contribution in [0.2, 0.25) is 0 Å². The molecule has 2 heterocycles. The van der Waals surface area contributed by atoms with Gasteiger partial charge in [-0.05, 0) is 36.5 Å². The highest BCUT2D eigenvalue weighted by Crippen LogP contribution is 2.26. The zero-order valence-corrected chi connectivity index (χ0v) is 10.9. The van der Waals surface area contributed by atoms with Gasteiger partial charge in [0.15, 0.2) is 0 Å². The molecule has 102 valence electrons. The van der Waals surface area contributed by atoms with Crippen molar-refractivity contribution >= 4 is 5.91 Å². The zero-order valence-electron chi connectivity index (χ0n) is 10.9. The predicted octanol–water partition coefficient (Wildman–Crippen LogP) is 1.58. The predicted molar refractivity (Wildman–Crippen MR) is 71.2 cm³/mol. The van der Waals surface area contributed by atoms with Gasteiger partial charge in [-0.15, -0.1) is 0 Å². The number of nitrogens with one attached hydrogen (secondary N) is 1. The minimum absolute atomic E-state index is 0.171. The Morgan fingerprint density at radius 1 is 1.32 bits per heavy atom. The third-order valence-electron chi connectivity index (χ3n) is 4.27. The zero-order chi connectivity index (χ0) is 13.2. The minimum atomic E-state index is -0.255. The Balaban J connectivity index is 1.67. The number of hydrogen-bond acceptors (Lipinski definition) is 2. The Hall–Kier alpha value is -1.42. The van der Waals surface area contributed by atoms with Crippen LogP contribution in [0.25, 0.3) is 0 Å².